The van der Waals surface area contributed by atoms with Crippen LogP contribution in [0.5, 0.6) is 0 Å². The molecule has 0 saturated carbocycles. The summed E-state index contributed by atoms with van der Waals surface area (Å²) in [5, 5.41) is 0. The zero-order valence-electron chi connectivity index (χ0n) is 11.4. The van der Waals surface area contributed by atoms with Crippen LogP contribution in [0.4, 0.5) is 4.39 Å². The molecule has 2 atom stereocenters. The maximum absolute atomic E-state index is 12.9. The standard InChI is InChI=1S/C14H21FN2O/c1-9(2)17(14(18)10(3)16)11(4)12-5-7-13(15)8-6-12/h5-11H,16H2,1-4H3. The molecule has 0 aliphatic heterocycles. The van der Waals surface area contributed by atoms with Crippen molar-refractivity contribution in [3.63, 3.8) is 0 Å². The predicted octanol–water partition coefficient (Wildman–Crippen LogP) is 2.47. The molecule has 2 unspecified atom stereocenters. The van der Waals surface area contributed by atoms with Gasteiger partial charge in [0.25, 0.3) is 0 Å². The second-order valence-electron chi connectivity index (χ2n) is 4.86. The Morgan fingerprint density at radius 1 is 1.17 bits per heavy atom. The first-order chi connectivity index (χ1) is 8.34. The van der Waals surface area contributed by atoms with Crippen molar-refractivity contribution >= 4 is 5.91 Å². The van der Waals surface area contributed by atoms with Crippen LogP contribution < -0.4 is 5.73 Å². The van der Waals surface area contributed by atoms with Crippen molar-refractivity contribution in [1.82, 2.24) is 4.90 Å². The molecule has 2 N–H and O–H groups in total. The SMILES string of the molecule is CC(N)C(=O)N(C(C)C)C(C)c1ccc(F)cc1. The molecule has 0 aromatic heterocycles. The van der Waals surface area contributed by atoms with Crippen molar-refractivity contribution in [2.75, 3.05) is 0 Å². The number of hydrogen-bond donors (Lipinski definition) is 1. The summed E-state index contributed by atoms with van der Waals surface area (Å²) >= 11 is 0. The first kappa shape index (κ1) is 14.6. The van der Waals surface area contributed by atoms with Gasteiger partial charge in [0.05, 0.1) is 12.1 Å². The third-order valence-electron chi connectivity index (χ3n) is 2.97. The molecule has 1 amide bonds. The predicted molar refractivity (Wildman–Crippen MR) is 70.4 cm³/mol. The topological polar surface area (TPSA) is 46.3 Å². The van der Waals surface area contributed by atoms with Gasteiger partial charge in [0, 0.05) is 6.04 Å². The van der Waals surface area contributed by atoms with Crippen molar-refractivity contribution in [1.29, 1.82) is 0 Å². The van der Waals surface area contributed by atoms with Gasteiger partial charge in [-0.1, -0.05) is 12.1 Å². The van der Waals surface area contributed by atoms with Crippen LogP contribution in [0.15, 0.2) is 24.3 Å². The fourth-order valence-corrected chi connectivity index (χ4v) is 2.03. The summed E-state index contributed by atoms with van der Waals surface area (Å²) in [6, 6.07) is 5.60. The Hall–Kier alpha value is -1.42. The van der Waals surface area contributed by atoms with Crippen LogP contribution >= 0.6 is 0 Å². The highest BCUT2D eigenvalue weighted by Gasteiger charge is 2.26. The summed E-state index contributed by atoms with van der Waals surface area (Å²) in [6.07, 6.45) is 0. The fourth-order valence-electron chi connectivity index (χ4n) is 2.03. The minimum Gasteiger partial charge on any atom is -0.332 e. The second-order valence-corrected chi connectivity index (χ2v) is 4.86. The molecule has 0 aliphatic rings. The summed E-state index contributed by atoms with van der Waals surface area (Å²) in [4.78, 5) is 13.8. The average molecular weight is 252 g/mol. The quantitative estimate of drug-likeness (QED) is 0.894. The van der Waals surface area contributed by atoms with Crippen molar-refractivity contribution in [2.24, 2.45) is 5.73 Å². The lowest BCUT2D eigenvalue weighted by Gasteiger charge is -2.34. The Bertz CT molecular complexity index is 401. The van der Waals surface area contributed by atoms with E-state index >= 15 is 0 Å². The molecular weight excluding hydrogens is 231 g/mol. The van der Waals surface area contributed by atoms with E-state index in [1.54, 1.807) is 24.0 Å². The van der Waals surface area contributed by atoms with Crippen molar-refractivity contribution in [2.45, 2.75) is 45.8 Å². The summed E-state index contributed by atoms with van der Waals surface area (Å²) in [5.41, 5.74) is 6.57. The Labute approximate surface area is 108 Å². The molecule has 1 aromatic carbocycles. The first-order valence-corrected chi connectivity index (χ1v) is 6.17. The zero-order chi connectivity index (χ0) is 13.9. The van der Waals surface area contributed by atoms with E-state index in [0.717, 1.165) is 5.56 Å². The van der Waals surface area contributed by atoms with E-state index in [1.165, 1.54) is 12.1 Å². The lowest BCUT2D eigenvalue weighted by Crippen LogP contribution is -2.46. The summed E-state index contributed by atoms with van der Waals surface area (Å²) in [5.74, 6) is -0.373. The lowest BCUT2D eigenvalue weighted by atomic mass is 10.0. The minimum atomic E-state index is -0.532. The van der Waals surface area contributed by atoms with Gasteiger partial charge in [-0.3, -0.25) is 4.79 Å². The Balaban J connectivity index is 2.99. The normalized spacial score (nSPS) is 14.4. The molecule has 0 aliphatic carbocycles. The summed E-state index contributed by atoms with van der Waals surface area (Å²) in [6.45, 7) is 7.49. The molecule has 0 bridgehead atoms. The molecule has 0 fully saturated rings. The molecule has 100 valence electrons. The Morgan fingerprint density at radius 3 is 2.06 bits per heavy atom. The van der Waals surface area contributed by atoms with Crippen molar-refractivity contribution < 1.29 is 9.18 Å². The molecular formula is C14H21FN2O. The number of halogens is 1. The van der Waals surface area contributed by atoms with E-state index in [4.69, 9.17) is 5.73 Å². The van der Waals surface area contributed by atoms with E-state index in [1.807, 2.05) is 20.8 Å². The number of rotatable bonds is 4. The monoisotopic (exact) mass is 252 g/mol. The van der Waals surface area contributed by atoms with Crippen LogP contribution in [0, 0.1) is 5.82 Å². The summed E-state index contributed by atoms with van der Waals surface area (Å²) < 4.78 is 12.9. The van der Waals surface area contributed by atoms with Gasteiger partial charge in [-0.15, -0.1) is 0 Å². The third-order valence-corrected chi connectivity index (χ3v) is 2.97. The minimum absolute atomic E-state index is 0.0450. The number of nitrogens with zero attached hydrogens (tertiary/aromatic N) is 1. The smallest absolute Gasteiger partial charge is 0.239 e. The number of benzene rings is 1. The van der Waals surface area contributed by atoms with E-state index in [-0.39, 0.29) is 23.8 Å². The number of amides is 1. The van der Waals surface area contributed by atoms with Crippen molar-refractivity contribution in [3.8, 4) is 0 Å². The molecule has 0 radical (unpaired) electrons. The number of carbonyl (C=O) groups excluding carboxylic acids is 1. The highest BCUT2D eigenvalue weighted by Crippen LogP contribution is 2.23. The van der Waals surface area contributed by atoms with Gasteiger partial charge in [-0.2, -0.15) is 0 Å². The van der Waals surface area contributed by atoms with Crippen LogP contribution in [0.3, 0.4) is 0 Å². The molecule has 18 heavy (non-hydrogen) atoms. The largest absolute Gasteiger partial charge is 0.332 e. The maximum atomic E-state index is 12.9. The number of hydrogen-bond acceptors (Lipinski definition) is 2. The van der Waals surface area contributed by atoms with Gasteiger partial charge < -0.3 is 10.6 Å². The molecule has 0 heterocycles. The highest BCUT2D eigenvalue weighted by molar-refractivity contribution is 5.81. The zero-order valence-corrected chi connectivity index (χ0v) is 11.4. The number of carbonyl (C=O) groups is 1. The van der Waals surface area contributed by atoms with Crippen molar-refractivity contribution in [3.05, 3.63) is 35.6 Å². The van der Waals surface area contributed by atoms with E-state index < -0.39 is 6.04 Å². The lowest BCUT2D eigenvalue weighted by molar-refractivity contribution is -0.136. The van der Waals surface area contributed by atoms with Gasteiger partial charge >= 0.3 is 0 Å². The maximum Gasteiger partial charge on any atom is 0.239 e. The third kappa shape index (κ3) is 3.29. The fraction of sp³-hybridized carbons (Fsp3) is 0.500. The van der Waals surface area contributed by atoms with Gasteiger partial charge in [0.2, 0.25) is 5.91 Å². The molecule has 3 nitrogen and oxygen atoms in total. The highest BCUT2D eigenvalue weighted by atomic mass is 19.1. The van der Waals surface area contributed by atoms with Gasteiger partial charge in [0.15, 0.2) is 0 Å². The molecule has 4 heteroatoms. The number of nitrogens with two attached hydrogens (primary N) is 1. The van der Waals surface area contributed by atoms with Gasteiger partial charge in [-0.25, -0.2) is 4.39 Å². The average Bonchev–Trinajstić information content (AvgIpc) is 2.29. The molecule has 0 saturated heterocycles. The van der Waals surface area contributed by atoms with Crippen LogP contribution in [0.2, 0.25) is 0 Å². The first-order valence-electron chi connectivity index (χ1n) is 6.17. The summed E-state index contributed by atoms with van der Waals surface area (Å²) in [7, 11) is 0. The molecule has 0 spiro atoms. The second kappa shape index (κ2) is 5.96. The van der Waals surface area contributed by atoms with Crippen LogP contribution in [0.1, 0.15) is 39.3 Å². The molecule has 1 aromatic rings. The van der Waals surface area contributed by atoms with Gasteiger partial charge in [0.1, 0.15) is 5.82 Å². The van der Waals surface area contributed by atoms with Gasteiger partial charge in [-0.05, 0) is 45.4 Å². The van der Waals surface area contributed by atoms with Crippen LogP contribution in [-0.2, 0) is 4.79 Å². The van der Waals surface area contributed by atoms with Crippen LogP contribution in [-0.4, -0.2) is 22.9 Å². The van der Waals surface area contributed by atoms with E-state index in [0.29, 0.717) is 0 Å². The van der Waals surface area contributed by atoms with E-state index in [9.17, 15) is 9.18 Å². The Morgan fingerprint density at radius 2 is 1.67 bits per heavy atom. The van der Waals surface area contributed by atoms with Crippen LogP contribution in [0.25, 0.3) is 0 Å². The van der Waals surface area contributed by atoms with E-state index in [2.05, 4.69) is 0 Å². The molecule has 1 rings (SSSR count). The Kier molecular flexibility index (Phi) is 4.84.